The predicted octanol–water partition coefficient (Wildman–Crippen LogP) is 3.62. The first-order valence-electron chi connectivity index (χ1n) is 8.16. The first kappa shape index (κ1) is 16.1. The molecule has 4 nitrogen and oxygen atoms in total. The van der Waals surface area contributed by atoms with E-state index in [0.29, 0.717) is 17.5 Å². The Hall–Kier alpha value is -1.37. The van der Waals surface area contributed by atoms with Crippen molar-refractivity contribution in [2.75, 3.05) is 17.4 Å². The number of nitrogens with zero attached hydrogens (tertiary/aromatic N) is 2. The molecular formula is C18H19BrN2O2S. The molecule has 2 aromatic rings. The van der Waals surface area contributed by atoms with E-state index >= 15 is 0 Å². The van der Waals surface area contributed by atoms with Gasteiger partial charge in [-0.15, -0.1) is 0 Å². The summed E-state index contributed by atoms with van der Waals surface area (Å²) >= 11 is 3.37. The molecule has 0 aliphatic carbocycles. The van der Waals surface area contributed by atoms with Crippen LogP contribution >= 0.6 is 15.9 Å². The maximum atomic E-state index is 13.3. The summed E-state index contributed by atoms with van der Waals surface area (Å²) in [5.74, 6) is 0. The molecule has 6 heteroatoms. The van der Waals surface area contributed by atoms with E-state index in [1.165, 1.54) is 0 Å². The van der Waals surface area contributed by atoms with E-state index in [1.807, 2.05) is 24.3 Å². The van der Waals surface area contributed by atoms with Crippen LogP contribution in [0.25, 0.3) is 0 Å². The van der Waals surface area contributed by atoms with Crippen LogP contribution in [0.2, 0.25) is 0 Å². The minimum Gasteiger partial charge on any atom is -0.294 e. The van der Waals surface area contributed by atoms with Gasteiger partial charge in [0.05, 0.1) is 10.6 Å². The minimum absolute atomic E-state index is 0.294. The maximum absolute atomic E-state index is 13.3. The number of halogens is 1. The lowest BCUT2D eigenvalue weighted by Crippen LogP contribution is -2.40. The Balaban J connectivity index is 1.81. The molecule has 0 amide bonds. The lowest BCUT2D eigenvalue weighted by atomic mass is 10.2. The van der Waals surface area contributed by atoms with Gasteiger partial charge in [-0.1, -0.05) is 34.1 Å². The molecule has 0 radical (unpaired) electrons. The second-order valence-corrected chi connectivity index (χ2v) is 9.16. The molecule has 2 aromatic carbocycles. The van der Waals surface area contributed by atoms with Gasteiger partial charge in [-0.25, -0.2) is 8.42 Å². The van der Waals surface area contributed by atoms with E-state index in [2.05, 4.69) is 20.8 Å². The third kappa shape index (κ3) is 2.76. The van der Waals surface area contributed by atoms with Crippen molar-refractivity contribution < 1.29 is 8.42 Å². The predicted molar refractivity (Wildman–Crippen MR) is 98.5 cm³/mol. The monoisotopic (exact) mass is 406 g/mol. The number of hydrogen-bond acceptors (Lipinski definition) is 3. The first-order chi connectivity index (χ1) is 11.6. The summed E-state index contributed by atoms with van der Waals surface area (Å²) in [7, 11) is -3.57. The van der Waals surface area contributed by atoms with Gasteiger partial charge in [-0.2, -0.15) is 0 Å². The van der Waals surface area contributed by atoms with Crippen molar-refractivity contribution in [2.45, 2.75) is 30.3 Å². The van der Waals surface area contributed by atoms with Crippen molar-refractivity contribution in [3.8, 4) is 0 Å². The summed E-state index contributed by atoms with van der Waals surface area (Å²) < 4.78 is 29.1. The molecule has 1 saturated heterocycles. The molecule has 2 heterocycles. The van der Waals surface area contributed by atoms with E-state index in [1.54, 1.807) is 28.6 Å². The molecule has 0 saturated carbocycles. The molecule has 0 aromatic heterocycles. The molecule has 2 aliphatic rings. The van der Waals surface area contributed by atoms with Gasteiger partial charge in [-0.05, 0) is 55.3 Å². The molecule has 1 fully saturated rings. The summed E-state index contributed by atoms with van der Waals surface area (Å²) in [6.07, 6.45) is 2.19. The average molecular weight is 407 g/mol. The van der Waals surface area contributed by atoms with Crippen molar-refractivity contribution in [1.82, 2.24) is 4.90 Å². The maximum Gasteiger partial charge on any atom is 0.264 e. The number of sulfonamides is 1. The Morgan fingerprint density at radius 3 is 2.58 bits per heavy atom. The van der Waals surface area contributed by atoms with Crippen LogP contribution in [0.3, 0.4) is 0 Å². The van der Waals surface area contributed by atoms with Crippen molar-refractivity contribution in [1.29, 1.82) is 0 Å². The minimum atomic E-state index is -3.57. The van der Waals surface area contributed by atoms with Gasteiger partial charge >= 0.3 is 0 Å². The number of anilines is 1. The highest BCUT2D eigenvalue weighted by Gasteiger charge is 2.36. The van der Waals surface area contributed by atoms with Gasteiger partial charge < -0.3 is 0 Å². The van der Waals surface area contributed by atoms with Crippen LogP contribution in [0.4, 0.5) is 5.69 Å². The second kappa shape index (κ2) is 6.17. The highest BCUT2D eigenvalue weighted by Crippen LogP contribution is 2.35. The third-order valence-electron chi connectivity index (χ3n) is 4.91. The van der Waals surface area contributed by atoms with Gasteiger partial charge in [0.1, 0.15) is 0 Å². The van der Waals surface area contributed by atoms with E-state index in [4.69, 9.17) is 0 Å². The highest BCUT2D eigenvalue weighted by atomic mass is 79.9. The highest BCUT2D eigenvalue weighted by molar-refractivity contribution is 9.10. The van der Waals surface area contributed by atoms with Gasteiger partial charge in [0.15, 0.2) is 0 Å². The lowest BCUT2D eigenvalue weighted by molar-refractivity contribution is 0.257. The molecule has 2 aliphatic heterocycles. The van der Waals surface area contributed by atoms with Gasteiger partial charge in [0.25, 0.3) is 10.0 Å². The molecule has 4 rings (SSSR count). The molecule has 0 bridgehead atoms. The summed E-state index contributed by atoms with van der Waals surface area (Å²) in [5.41, 5.74) is 1.90. The molecule has 1 atom stereocenters. The van der Waals surface area contributed by atoms with Crippen LogP contribution in [0, 0.1) is 0 Å². The van der Waals surface area contributed by atoms with E-state index in [0.717, 1.165) is 41.7 Å². The molecule has 126 valence electrons. The number of para-hydroxylation sites is 1. The zero-order chi connectivity index (χ0) is 16.7. The van der Waals surface area contributed by atoms with Crippen molar-refractivity contribution in [3.05, 3.63) is 58.6 Å². The standard InChI is InChI=1S/C18H19BrN2O2S/c19-15-7-9-17(10-8-15)24(22,23)21-13-16-5-3-11-20(16)12-14-4-1-2-6-18(14)21/h1-2,4,6-10,16H,3,5,11-13H2. The van der Waals surface area contributed by atoms with E-state index in [-0.39, 0.29) is 0 Å². The van der Waals surface area contributed by atoms with Gasteiger partial charge in [0, 0.05) is 23.6 Å². The van der Waals surface area contributed by atoms with Crippen LogP contribution in [0.5, 0.6) is 0 Å². The quantitative estimate of drug-likeness (QED) is 0.764. The second-order valence-electron chi connectivity index (χ2n) is 6.39. The molecular weight excluding hydrogens is 388 g/mol. The summed E-state index contributed by atoms with van der Waals surface area (Å²) in [6.45, 7) is 2.40. The topological polar surface area (TPSA) is 40.6 Å². The fraction of sp³-hybridized carbons (Fsp3) is 0.333. The Morgan fingerprint density at radius 1 is 1.04 bits per heavy atom. The largest absolute Gasteiger partial charge is 0.294 e. The summed E-state index contributed by atoms with van der Waals surface area (Å²) in [4.78, 5) is 2.75. The Kier molecular flexibility index (Phi) is 4.14. The summed E-state index contributed by atoms with van der Waals surface area (Å²) in [5, 5.41) is 0. The average Bonchev–Trinajstić information content (AvgIpc) is 2.94. The van der Waals surface area contributed by atoms with Crippen LogP contribution in [0.1, 0.15) is 18.4 Å². The van der Waals surface area contributed by atoms with Crippen molar-refractivity contribution >= 4 is 31.6 Å². The van der Waals surface area contributed by atoms with Crippen LogP contribution in [0.15, 0.2) is 57.9 Å². The van der Waals surface area contributed by atoms with Crippen molar-refractivity contribution in [2.24, 2.45) is 0 Å². The fourth-order valence-corrected chi connectivity index (χ4v) is 5.47. The molecule has 24 heavy (non-hydrogen) atoms. The molecule has 1 unspecified atom stereocenters. The lowest BCUT2D eigenvalue weighted by Gasteiger charge is -2.27. The van der Waals surface area contributed by atoms with Crippen LogP contribution in [-0.4, -0.2) is 32.4 Å². The van der Waals surface area contributed by atoms with Gasteiger partial charge in [-0.3, -0.25) is 9.21 Å². The first-order valence-corrected chi connectivity index (χ1v) is 10.4. The summed E-state index contributed by atoms with van der Waals surface area (Å²) in [6, 6.07) is 15.0. The van der Waals surface area contributed by atoms with Crippen LogP contribution in [-0.2, 0) is 16.6 Å². The fourth-order valence-electron chi connectivity index (χ4n) is 3.67. The number of hydrogen-bond donors (Lipinski definition) is 0. The zero-order valence-electron chi connectivity index (χ0n) is 13.2. The Labute approximate surface area is 151 Å². The smallest absolute Gasteiger partial charge is 0.264 e. The Bertz CT molecular complexity index is 852. The molecule has 0 N–H and O–H groups in total. The number of rotatable bonds is 2. The SMILES string of the molecule is O=S(=O)(c1ccc(Br)cc1)N1CC2CCCN2Cc2ccccc21. The van der Waals surface area contributed by atoms with Crippen molar-refractivity contribution in [3.63, 3.8) is 0 Å². The number of benzene rings is 2. The third-order valence-corrected chi connectivity index (χ3v) is 7.23. The van der Waals surface area contributed by atoms with Gasteiger partial charge in [0.2, 0.25) is 0 Å². The van der Waals surface area contributed by atoms with Crippen LogP contribution < -0.4 is 4.31 Å². The van der Waals surface area contributed by atoms with E-state index < -0.39 is 10.0 Å². The van der Waals surface area contributed by atoms with E-state index in [9.17, 15) is 8.42 Å². The normalized spacial score (nSPS) is 21.2. The Morgan fingerprint density at radius 2 is 1.79 bits per heavy atom. The zero-order valence-corrected chi connectivity index (χ0v) is 15.6. The molecule has 0 spiro atoms. The number of fused-ring (bicyclic) bond motifs is 2.